The third kappa shape index (κ3) is 2.71. The highest BCUT2D eigenvalue weighted by Gasteiger charge is 2.25. The van der Waals surface area contributed by atoms with Gasteiger partial charge in [0.25, 0.3) is 10.0 Å². The second-order valence-corrected chi connectivity index (χ2v) is 7.86. The number of aromatic nitrogens is 2. The van der Waals surface area contributed by atoms with Crippen LogP contribution in [0, 0.1) is 0 Å². The predicted molar refractivity (Wildman–Crippen MR) is 100 cm³/mol. The maximum absolute atomic E-state index is 13.2. The molecule has 0 unspecified atom stereocenters. The molecule has 2 heterocycles. The first-order valence-corrected chi connectivity index (χ1v) is 9.87. The first kappa shape index (κ1) is 16.9. The van der Waals surface area contributed by atoms with Gasteiger partial charge in [-0.25, -0.2) is 17.4 Å². The van der Waals surface area contributed by atoms with Crippen LogP contribution in [0.3, 0.4) is 0 Å². The zero-order chi connectivity index (χ0) is 18.1. The molecule has 1 aliphatic rings. The van der Waals surface area contributed by atoms with E-state index in [9.17, 15) is 8.42 Å². The van der Waals surface area contributed by atoms with Crippen LogP contribution in [-0.4, -0.2) is 50.7 Å². The first-order chi connectivity index (χ1) is 12.6. The van der Waals surface area contributed by atoms with Crippen LogP contribution in [0.25, 0.3) is 11.0 Å². The van der Waals surface area contributed by atoms with E-state index in [-0.39, 0.29) is 4.90 Å². The second kappa shape index (κ2) is 6.62. The number of imidazole rings is 1. The van der Waals surface area contributed by atoms with Crippen molar-refractivity contribution < 1.29 is 13.2 Å². The number of nitrogens with zero attached hydrogens (tertiary/aromatic N) is 3. The van der Waals surface area contributed by atoms with Gasteiger partial charge in [0.15, 0.2) is 0 Å². The van der Waals surface area contributed by atoms with Crippen molar-refractivity contribution in [3.63, 3.8) is 0 Å². The molecule has 4 rings (SSSR count). The van der Waals surface area contributed by atoms with E-state index in [1.807, 2.05) is 12.1 Å². The summed E-state index contributed by atoms with van der Waals surface area (Å²) in [5.74, 6) is 0.313. The van der Waals surface area contributed by atoms with Crippen LogP contribution in [0.1, 0.15) is 0 Å². The van der Waals surface area contributed by atoms with Crippen LogP contribution in [-0.2, 0) is 10.0 Å². The Morgan fingerprint density at radius 2 is 1.85 bits per heavy atom. The molecule has 7 nitrogen and oxygen atoms in total. The Balaban J connectivity index is 1.85. The lowest BCUT2D eigenvalue weighted by Gasteiger charge is -2.29. The molecule has 0 saturated carbocycles. The number of anilines is 1. The van der Waals surface area contributed by atoms with Crippen LogP contribution in [0.15, 0.2) is 53.7 Å². The van der Waals surface area contributed by atoms with Gasteiger partial charge >= 0.3 is 0 Å². The maximum atomic E-state index is 13.2. The van der Waals surface area contributed by atoms with Crippen molar-refractivity contribution in [3.05, 3.63) is 48.8 Å². The minimum absolute atomic E-state index is 0.120. The van der Waals surface area contributed by atoms with Crippen molar-refractivity contribution in [1.29, 1.82) is 0 Å². The fourth-order valence-electron chi connectivity index (χ4n) is 3.29. The Morgan fingerprint density at radius 3 is 2.62 bits per heavy atom. The number of fused-ring (bicyclic) bond motifs is 1. The minimum atomic E-state index is -3.81. The lowest BCUT2D eigenvalue weighted by Crippen LogP contribution is -2.43. The average molecular weight is 372 g/mol. The zero-order valence-corrected chi connectivity index (χ0v) is 15.2. The number of hydrogen-bond donors (Lipinski definition) is 1. The Bertz CT molecular complexity index is 1040. The second-order valence-electron chi connectivity index (χ2n) is 6.08. The van der Waals surface area contributed by atoms with Crippen molar-refractivity contribution in [1.82, 2.24) is 14.3 Å². The Morgan fingerprint density at radius 1 is 1.08 bits per heavy atom. The van der Waals surface area contributed by atoms with Crippen molar-refractivity contribution in [3.8, 4) is 5.75 Å². The topological polar surface area (TPSA) is 76.5 Å². The number of methoxy groups -OCH3 is 1. The maximum Gasteiger partial charge on any atom is 0.273 e. The highest BCUT2D eigenvalue weighted by Crippen LogP contribution is 2.31. The standard InChI is InChI=1S/C18H20N4O3S/c1-25-16-7-2-3-8-17(16)26(23,24)22-13-20-18-14(5-4-6-15(18)22)21-11-9-19-10-12-21/h2-8,13,19H,9-12H2,1H3. The Hall–Kier alpha value is -2.58. The van der Waals surface area contributed by atoms with Gasteiger partial charge in [-0.05, 0) is 24.3 Å². The van der Waals surface area contributed by atoms with Gasteiger partial charge in [0, 0.05) is 26.2 Å². The van der Waals surface area contributed by atoms with E-state index >= 15 is 0 Å². The highest BCUT2D eigenvalue weighted by atomic mass is 32.2. The number of hydrogen-bond acceptors (Lipinski definition) is 6. The fourth-order valence-corrected chi connectivity index (χ4v) is 4.74. The summed E-state index contributed by atoms with van der Waals surface area (Å²) in [6.45, 7) is 3.53. The summed E-state index contributed by atoms with van der Waals surface area (Å²) < 4.78 is 32.9. The van der Waals surface area contributed by atoms with Crippen molar-refractivity contribution in [2.45, 2.75) is 4.90 Å². The normalized spacial score (nSPS) is 15.3. The summed E-state index contributed by atoms with van der Waals surface area (Å²) in [5.41, 5.74) is 2.21. The molecule has 136 valence electrons. The van der Waals surface area contributed by atoms with Gasteiger partial charge < -0.3 is 15.0 Å². The smallest absolute Gasteiger partial charge is 0.273 e. The predicted octanol–water partition coefficient (Wildman–Crippen LogP) is 1.69. The van der Waals surface area contributed by atoms with Gasteiger partial charge in [0.05, 0.1) is 18.3 Å². The number of piperazine rings is 1. The summed E-state index contributed by atoms with van der Waals surface area (Å²) >= 11 is 0. The van der Waals surface area contributed by atoms with Gasteiger partial charge in [-0.15, -0.1) is 0 Å². The molecule has 0 amide bonds. The van der Waals surface area contributed by atoms with Crippen LogP contribution in [0.2, 0.25) is 0 Å². The number of para-hydroxylation sites is 2. The molecular formula is C18H20N4O3S. The molecule has 1 aromatic heterocycles. The molecular weight excluding hydrogens is 352 g/mol. The Kier molecular flexibility index (Phi) is 4.29. The molecule has 8 heteroatoms. The van der Waals surface area contributed by atoms with E-state index in [1.54, 1.807) is 30.3 Å². The van der Waals surface area contributed by atoms with Gasteiger partial charge in [0.2, 0.25) is 0 Å². The molecule has 26 heavy (non-hydrogen) atoms. The third-order valence-corrected chi connectivity index (χ3v) is 6.29. The van der Waals surface area contributed by atoms with Crippen LogP contribution >= 0.6 is 0 Å². The van der Waals surface area contributed by atoms with E-state index in [0.717, 1.165) is 31.9 Å². The van der Waals surface area contributed by atoms with Gasteiger partial charge in [-0.2, -0.15) is 0 Å². The fraction of sp³-hybridized carbons (Fsp3) is 0.278. The summed E-state index contributed by atoms with van der Waals surface area (Å²) in [6.07, 6.45) is 1.37. The molecule has 0 bridgehead atoms. The minimum Gasteiger partial charge on any atom is -0.495 e. The molecule has 1 aliphatic heterocycles. The average Bonchev–Trinajstić information content (AvgIpc) is 3.13. The van der Waals surface area contributed by atoms with E-state index in [0.29, 0.717) is 16.8 Å². The van der Waals surface area contributed by atoms with Crippen LogP contribution < -0.4 is 15.0 Å². The molecule has 1 saturated heterocycles. The molecule has 1 fully saturated rings. The number of rotatable bonds is 4. The zero-order valence-electron chi connectivity index (χ0n) is 14.4. The molecule has 0 atom stereocenters. The first-order valence-electron chi connectivity index (χ1n) is 8.43. The van der Waals surface area contributed by atoms with Gasteiger partial charge in [0.1, 0.15) is 22.5 Å². The van der Waals surface area contributed by atoms with E-state index in [4.69, 9.17) is 4.74 Å². The van der Waals surface area contributed by atoms with Crippen molar-refractivity contribution in [2.75, 3.05) is 38.2 Å². The number of nitrogens with one attached hydrogen (secondary N) is 1. The monoisotopic (exact) mass is 372 g/mol. The lowest BCUT2D eigenvalue weighted by atomic mass is 10.2. The van der Waals surface area contributed by atoms with Crippen molar-refractivity contribution >= 4 is 26.7 Å². The molecule has 0 aliphatic carbocycles. The number of ether oxygens (including phenoxy) is 1. The quantitative estimate of drug-likeness (QED) is 0.751. The van der Waals surface area contributed by atoms with Crippen LogP contribution in [0.5, 0.6) is 5.75 Å². The molecule has 0 spiro atoms. The lowest BCUT2D eigenvalue weighted by molar-refractivity contribution is 0.402. The third-order valence-electron chi connectivity index (χ3n) is 4.59. The largest absolute Gasteiger partial charge is 0.495 e. The SMILES string of the molecule is COc1ccccc1S(=O)(=O)n1cnc2c(N3CCNCC3)cccc21. The van der Waals surface area contributed by atoms with Gasteiger partial charge in [-0.1, -0.05) is 18.2 Å². The van der Waals surface area contributed by atoms with Crippen molar-refractivity contribution in [2.24, 2.45) is 0 Å². The van der Waals surface area contributed by atoms with Crippen LogP contribution in [0.4, 0.5) is 5.69 Å². The summed E-state index contributed by atoms with van der Waals surface area (Å²) in [6, 6.07) is 12.2. The van der Waals surface area contributed by atoms with E-state index in [1.165, 1.54) is 17.4 Å². The van der Waals surface area contributed by atoms with Gasteiger partial charge in [-0.3, -0.25) is 0 Å². The molecule has 3 aromatic rings. The Labute approximate surface area is 152 Å². The van der Waals surface area contributed by atoms with E-state index in [2.05, 4.69) is 15.2 Å². The highest BCUT2D eigenvalue weighted by molar-refractivity contribution is 7.90. The molecule has 0 radical (unpaired) electrons. The number of benzene rings is 2. The summed E-state index contributed by atoms with van der Waals surface area (Å²) in [4.78, 5) is 6.77. The molecule has 1 N–H and O–H groups in total. The van der Waals surface area contributed by atoms with E-state index < -0.39 is 10.0 Å². The summed E-state index contributed by atoms with van der Waals surface area (Å²) in [7, 11) is -2.35. The molecule has 2 aromatic carbocycles. The summed E-state index contributed by atoms with van der Waals surface area (Å²) in [5, 5.41) is 3.32.